The van der Waals surface area contributed by atoms with Gasteiger partial charge in [-0.15, -0.1) is 12.4 Å². The summed E-state index contributed by atoms with van der Waals surface area (Å²) in [6.07, 6.45) is 0. The van der Waals surface area contributed by atoms with Gasteiger partial charge < -0.3 is 9.47 Å². The summed E-state index contributed by atoms with van der Waals surface area (Å²) in [5, 5.41) is 0.732. The molecule has 32 heavy (non-hydrogen) atoms. The van der Waals surface area contributed by atoms with Crippen LogP contribution in [-0.2, 0) is 9.53 Å². The van der Waals surface area contributed by atoms with Crippen molar-refractivity contribution in [3.63, 3.8) is 0 Å². The van der Waals surface area contributed by atoms with Gasteiger partial charge >= 0.3 is 0 Å². The summed E-state index contributed by atoms with van der Waals surface area (Å²) < 4.78 is 12.4. The van der Waals surface area contributed by atoms with Crippen molar-refractivity contribution in [2.75, 3.05) is 50.9 Å². The van der Waals surface area contributed by atoms with Crippen molar-refractivity contribution in [3.8, 4) is 5.75 Å². The van der Waals surface area contributed by atoms with Crippen LogP contribution in [0.1, 0.15) is 16.7 Å². The average molecular weight is 476 g/mol. The maximum absolute atomic E-state index is 13.3. The minimum absolute atomic E-state index is 0. The highest BCUT2D eigenvalue weighted by Gasteiger charge is 2.23. The third-order valence-corrected chi connectivity index (χ3v) is 6.84. The molecule has 0 bridgehead atoms. The number of benzene rings is 2. The Bertz CT molecular complexity index is 1070. The molecule has 2 aromatic carbocycles. The van der Waals surface area contributed by atoms with Gasteiger partial charge in [0.25, 0.3) is 5.91 Å². The average Bonchev–Trinajstić information content (AvgIpc) is 3.21. The summed E-state index contributed by atoms with van der Waals surface area (Å²) in [6.45, 7) is 10.8. The molecule has 0 saturated carbocycles. The minimum atomic E-state index is -0.0788. The number of aromatic nitrogens is 1. The first-order chi connectivity index (χ1) is 15.0. The number of para-hydroxylation sites is 1. The molecule has 1 saturated heterocycles. The van der Waals surface area contributed by atoms with Crippen LogP contribution in [0, 0.1) is 20.8 Å². The maximum Gasteiger partial charge on any atom is 0.266 e. The molecule has 0 aliphatic carbocycles. The maximum atomic E-state index is 13.3. The van der Waals surface area contributed by atoms with E-state index in [0.717, 1.165) is 65.1 Å². The van der Waals surface area contributed by atoms with E-state index in [1.807, 2.05) is 31.2 Å². The summed E-state index contributed by atoms with van der Waals surface area (Å²) in [6, 6.07) is 12.0. The molecule has 1 amide bonds. The predicted molar refractivity (Wildman–Crippen MR) is 133 cm³/mol. The lowest BCUT2D eigenvalue weighted by Crippen LogP contribution is -2.44. The lowest BCUT2D eigenvalue weighted by atomic mass is 10.1. The van der Waals surface area contributed by atoms with E-state index in [4.69, 9.17) is 14.5 Å². The highest BCUT2D eigenvalue weighted by Crippen LogP contribution is 2.32. The van der Waals surface area contributed by atoms with E-state index in [0.29, 0.717) is 6.54 Å². The molecule has 1 aliphatic heterocycles. The summed E-state index contributed by atoms with van der Waals surface area (Å²) >= 11 is 1.56. The van der Waals surface area contributed by atoms with Crippen LogP contribution in [0.15, 0.2) is 36.4 Å². The molecule has 0 radical (unpaired) electrons. The standard InChI is InChI=1S/C24H29N3O3S.ClH/c1-17-8-9-21-23(19(17)3)25-24(31-21)27(11-10-26-12-14-29-15-13-26)22(28)16-30-20-7-5-4-6-18(20)2;/h4-9H,10-16H2,1-3H3;1H. The molecule has 1 aliphatic rings. The topological polar surface area (TPSA) is 54.9 Å². The number of halogens is 1. The molecular weight excluding hydrogens is 446 g/mol. The molecule has 1 fully saturated rings. The first kappa shape index (κ1) is 24.5. The molecule has 0 spiro atoms. The second-order valence-corrected chi connectivity index (χ2v) is 8.91. The van der Waals surface area contributed by atoms with Crippen LogP contribution in [0.4, 0.5) is 5.13 Å². The lowest BCUT2D eigenvalue weighted by Gasteiger charge is -2.29. The van der Waals surface area contributed by atoms with Crippen molar-refractivity contribution in [3.05, 3.63) is 53.1 Å². The van der Waals surface area contributed by atoms with Gasteiger partial charge in [-0.05, 0) is 49.6 Å². The summed E-state index contributed by atoms with van der Waals surface area (Å²) in [4.78, 5) is 22.2. The van der Waals surface area contributed by atoms with Gasteiger partial charge in [-0.2, -0.15) is 0 Å². The lowest BCUT2D eigenvalue weighted by molar-refractivity contribution is -0.120. The number of aryl methyl sites for hydroxylation is 3. The number of carbonyl (C=O) groups is 1. The van der Waals surface area contributed by atoms with Gasteiger partial charge in [-0.25, -0.2) is 4.98 Å². The van der Waals surface area contributed by atoms with Crippen LogP contribution in [-0.4, -0.2) is 61.8 Å². The van der Waals surface area contributed by atoms with Crippen molar-refractivity contribution < 1.29 is 14.3 Å². The van der Waals surface area contributed by atoms with Crippen molar-refractivity contribution in [1.29, 1.82) is 0 Å². The van der Waals surface area contributed by atoms with E-state index in [1.165, 1.54) is 5.56 Å². The minimum Gasteiger partial charge on any atom is -0.483 e. The molecule has 0 N–H and O–H groups in total. The molecule has 0 atom stereocenters. The Balaban J connectivity index is 0.00000289. The fourth-order valence-corrected chi connectivity index (χ4v) is 4.73. The number of carbonyl (C=O) groups excluding carboxylic acids is 1. The molecule has 0 unspecified atom stereocenters. The normalized spacial score (nSPS) is 14.2. The monoisotopic (exact) mass is 475 g/mol. The first-order valence-corrected chi connectivity index (χ1v) is 11.5. The van der Waals surface area contributed by atoms with Crippen LogP contribution in [0.25, 0.3) is 10.2 Å². The molecule has 3 aromatic rings. The number of anilines is 1. The number of fused-ring (bicyclic) bond motifs is 1. The van der Waals surface area contributed by atoms with Gasteiger partial charge in [0, 0.05) is 26.2 Å². The van der Waals surface area contributed by atoms with E-state index < -0.39 is 0 Å². The van der Waals surface area contributed by atoms with Crippen LogP contribution in [0.5, 0.6) is 5.75 Å². The van der Waals surface area contributed by atoms with Gasteiger partial charge in [-0.1, -0.05) is 35.6 Å². The molecule has 1 aromatic heterocycles. The fourth-order valence-electron chi connectivity index (χ4n) is 3.66. The van der Waals surface area contributed by atoms with Crippen molar-refractivity contribution >= 4 is 45.0 Å². The third kappa shape index (κ3) is 5.59. The number of morpholine rings is 1. The van der Waals surface area contributed by atoms with Crippen molar-refractivity contribution in [2.45, 2.75) is 20.8 Å². The summed E-state index contributed by atoms with van der Waals surface area (Å²) in [7, 11) is 0. The quantitative estimate of drug-likeness (QED) is 0.507. The molecule has 4 rings (SSSR count). The van der Waals surface area contributed by atoms with Gasteiger partial charge in [0.05, 0.1) is 23.4 Å². The second kappa shape index (κ2) is 11.1. The number of hydrogen-bond acceptors (Lipinski definition) is 6. The summed E-state index contributed by atoms with van der Waals surface area (Å²) in [5.74, 6) is 0.657. The zero-order valence-corrected chi connectivity index (χ0v) is 20.4. The van der Waals surface area contributed by atoms with Crippen molar-refractivity contribution in [2.24, 2.45) is 0 Å². The molecule has 2 heterocycles. The number of thiazole rings is 1. The van der Waals surface area contributed by atoms with Crippen LogP contribution >= 0.6 is 23.7 Å². The number of rotatable bonds is 7. The van der Waals surface area contributed by atoms with E-state index in [2.05, 4.69) is 30.9 Å². The number of hydrogen-bond donors (Lipinski definition) is 0. The second-order valence-electron chi connectivity index (χ2n) is 7.90. The van der Waals surface area contributed by atoms with E-state index >= 15 is 0 Å². The number of ether oxygens (including phenoxy) is 2. The third-order valence-electron chi connectivity index (χ3n) is 5.79. The molecular formula is C24H30ClN3O3S. The molecule has 172 valence electrons. The zero-order chi connectivity index (χ0) is 21.8. The Kier molecular flexibility index (Phi) is 8.48. The Morgan fingerprint density at radius 3 is 2.62 bits per heavy atom. The highest BCUT2D eigenvalue weighted by molar-refractivity contribution is 7.22. The summed E-state index contributed by atoms with van der Waals surface area (Å²) in [5.41, 5.74) is 4.36. The Labute approximate surface area is 199 Å². The largest absolute Gasteiger partial charge is 0.483 e. The van der Waals surface area contributed by atoms with Gasteiger partial charge in [-0.3, -0.25) is 14.6 Å². The van der Waals surface area contributed by atoms with Gasteiger partial charge in [0.2, 0.25) is 0 Å². The van der Waals surface area contributed by atoms with Crippen LogP contribution in [0.2, 0.25) is 0 Å². The number of amides is 1. The van der Waals surface area contributed by atoms with Crippen LogP contribution < -0.4 is 9.64 Å². The van der Waals surface area contributed by atoms with Gasteiger partial charge in [0.1, 0.15) is 5.75 Å². The SMILES string of the molecule is Cc1ccccc1OCC(=O)N(CCN1CCOCC1)c1nc2c(C)c(C)ccc2s1.Cl. The zero-order valence-electron chi connectivity index (χ0n) is 18.8. The molecule has 6 nitrogen and oxygen atoms in total. The Morgan fingerprint density at radius 1 is 1.12 bits per heavy atom. The van der Waals surface area contributed by atoms with Crippen molar-refractivity contribution in [1.82, 2.24) is 9.88 Å². The highest BCUT2D eigenvalue weighted by atomic mass is 35.5. The van der Waals surface area contributed by atoms with Crippen LogP contribution in [0.3, 0.4) is 0 Å². The van der Waals surface area contributed by atoms with E-state index in [9.17, 15) is 4.79 Å². The smallest absolute Gasteiger partial charge is 0.266 e. The fraction of sp³-hybridized carbons (Fsp3) is 0.417. The Morgan fingerprint density at radius 2 is 1.88 bits per heavy atom. The Hall–Kier alpha value is -2.19. The first-order valence-electron chi connectivity index (χ1n) is 10.7. The van der Waals surface area contributed by atoms with Gasteiger partial charge in [0.15, 0.2) is 11.7 Å². The van der Waals surface area contributed by atoms with E-state index in [1.54, 1.807) is 16.2 Å². The number of nitrogens with zero attached hydrogens (tertiary/aromatic N) is 3. The molecule has 8 heteroatoms. The predicted octanol–water partition coefficient (Wildman–Crippen LogP) is 4.39. The van der Waals surface area contributed by atoms with E-state index in [-0.39, 0.29) is 24.9 Å².